The van der Waals surface area contributed by atoms with Gasteiger partial charge in [0.2, 0.25) is 0 Å². The van der Waals surface area contributed by atoms with Crippen LogP contribution in [-0.4, -0.2) is 43.3 Å². The summed E-state index contributed by atoms with van der Waals surface area (Å²) in [5.74, 6) is -1.10. The zero-order valence-corrected chi connectivity index (χ0v) is 25.4. The first-order chi connectivity index (χ1) is 19.0. The van der Waals surface area contributed by atoms with Crippen LogP contribution >= 0.6 is 46.4 Å². The summed E-state index contributed by atoms with van der Waals surface area (Å²) in [5, 5.41) is 10.8. The van der Waals surface area contributed by atoms with Crippen molar-refractivity contribution in [2.24, 2.45) is 5.92 Å². The molecular weight excluding hydrogens is 602 g/mol. The van der Waals surface area contributed by atoms with Gasteiger partial charge in [-0.2, -0.15) is 0 Å². The molecule has 0 aromatic heterocycles. The van der Waals surface area contributed by atoms with Crippen LogP contribution in [0.25, 0.3) is 0 Å². The van der Waals surface area contributed by atoms with Crippen molar-refractivity contribution in [3.05, 3.63) is 97.4 Å². The summed E-state index contributed by atoms with van der Waals surface area (Å²) in [5.41, 5.74) is 0.775. The van der Waals surface area contributed by atoms with Gasteiger partial charge in [0.15, 0.2) is 0 Å². The number of aromatic hydroxyl groups is 1. The second-order valence-electron chi connectivity index (χ2n) is 8.06. The second-order valence-corrected chi connectivity index (χ2v) is 9.72. The van der Waals surface area contributed by atoms with E-state index in [1.165, 1.54) is 19.2 Å². The number of phenolic OH excluding ortho intramolecular Hbond substituents is 1. The van der Waals surface area contributed by atoms with Crippen molar-refractivity contribution in [2.45, 2.75) is 27.2 Å². The number of ether oxygens (including phenoxy) is 3. The molecule has 3 aromatic rings. The van der Waals surface area contributed by atoms with E-state index in [0.29, 0.717) is 44.8 Å². The minimum Gasteiger partial charge on any atom is -0.507 e. The van der Waals surface area contributed by atoms with E-state index in [4.69, 9.17) is 55.9 Å². The zero-order valence-electron chi connectivity index (χ0n) is 22.4. The molecule has 1 unspecified atom stereocenters. The highest BCUT2D eigenvalue weighted by Crippen LogP contribution is 2.24. The highest BCUT2D eigenvalue weighted by molar-refractivity contribution is 6.39. The molecule has 0 bridgehead atoms. The Morgan fingerprint density at radius 2 is 1.38 bits per heavy atom. The summed E-state index contributed by atoms with van der Waals surface area (Å²) >= 11 is 22.9. The number of phenols is 1. The van der Waals surface area contributed by atoms with E-state index in [1.807, 2.05) is 13.8 Å². The van der Waals surface area contributed by atoms with E-state index in [9.17, 15) is 19.5 Å². The zero-order chi connectivity index (χ0) is 30.2. The van der Waals surface area contributed by atoms with Gasteiger partial charge in [0.1, 0.15) is 11.3 Å². The molecule has 0 radical (unpaired) electrons. The predicted molar refractivity (Wildman–Crippen MR) is 158 cm³/mol. The molecule has 0 aliphatic heterocycles. The Hall–Kier alpha value is -2.97. The second kappa shape index (κ2) is 18.4. The maximum absolute atomic E-state index is 11.5. The van der Waals surface area contributed by atoms with E-state index in [2.05, 4.69) is 4.74 Å². The van der Waals surface area contributed by atoms with Crippen LogP contribution in [0.4, 0.5) is 0 Å². The number of carbonyl (C=O) groups excluding carboxylic acids is 3. The van der Waals surface area contributed by atoms with Gasteiger partial charge < -0.3 is 19.3 Å². The Morgan fingerprint density at radius 1 is 0.775 bits per heavy atom. The lowest BCUT2D eigenvalue weighted by Gasteiger charge is -2.09. The molecule has 0 fully saturated rings. The smallest absolute Gasteiger partial charge is 0.341 e. The molecule has 0 saturated heterocycles. The molecule has 40 heavy (non-hydrogen) atoms. The lowest BCUT2D eigenvalue weighted by Crippen LogP contribution is -2.11. The molecule has 11 heteroatoms. The predicted octanol–water partition coefficient (Wildman–Crippen LogP) is 8.55. The normalized spacial score (nSPS) is 10.6. The largest absolute Gasteiger partial charge is 0.507 e. The number of carbonyl (C=O) groups is 3. The van der Waals surface area contributed by atoms with Gasteiger partial charge in [-0.25, -0.2) is 14.4 Å². The molecule has 0 heterocycles. The first-order valence-corrected chi connectivity index (χ1v) is 13.6. The Balaban J connectivity index is 0.000000302. The summed E-state index contributed by atoms with van der Waals surface area (Å²) in [6, 6.07) is 15.9. The third kappa shape index (κ3) is 11.6. The van der Waals surface area contributed by atoms with Crippen molar-refractivity contribution in [1.82, 2.24) is 0 Å². The number of methoxy groups -OCH3 is 1. The summed E-state index contributed by atoms with van der Waals surface area (Å²) in [7, 11) is 1.28. The van der Waals surface area contributed by atoms with E-state index in [-0.39, 0.29) is 16.9 Å². The molecule has 1 N–H and O–H groups in total. The van der Waals surface area contributed by atoms with Crippen molar-refractivity contribution >= 4 is 64.3 Å². The van der Waals surface area contributed by atoms with Crippen molar-refractivity contribution < 1.29 is 33.7 Å². The fourth-order valence-electron chi connectivity index (χ4n) is 2.72. The van der Waals surface area contributed by atoms with Gasteiger partial charge in [0.25, 0.3) is 0 Å². The molecule has 3 rings (SSSR count). The molecule has 7 nitrogen and oxygen atoms in total. The quantitative estimate of drug-likeness (QED) is 0.206. The fraction of sp³-hybridized carbons (Fsp3) is 0.276. The van der Waals surface area contributed by atoms with Gasteiger partial charge in [0.05, 0.1) is 46.5 Å². The van der Waals surface area contributed by atoms with Gasteiger partial charge in [-0.1, -0.05) is 84.9 Å². The topological polar surface area (TPSA) is 99.1 Å². The van der Waals surface area contributed by atoms with Crippen LogP contribution in [0.3, 0.4) is 0 Å². The third-order valence-corrected chi connectivity index (χ3v) is 6.28. The molecule has 1 atom stereocenters. The minimum absolute atomic E-state index is 0.0355. The number of esters is 3. The van der Waals surface area contributed by atoms with E-state index < -0.39 is 17.9 Å². The number of hydrogen-bond donors (Lipinski definition) is 1. The molecule has 0 saturated carbocycles. The SMILES string of the molecule is CCC(C)COC(=O)c1ccccc1O.CCOC(=O)c1ccc(Cl)cc1Cl.COC(=O)c1c(Cl)cccc1Cl. The maximum atomic E-state index is 11.5. The molecule has 216 valence electrons. The van der Waals surface area contributed by atoms with Gasteiger partial charge in [0, 0.05) is 5.02 Å². The third-order valence-electron chi connectivity index (χ3n) is 5.10. The molecular formula is C29H30Cl4O7. The van der Waals surface area contributed by atoms with Gasteiger partial charge in [-0.3, -0.25) is 0 Å². The van der Waals surface area contributed by atoms with Crippen molar-refractivity contribution in [3.63, 3.8) is 0 Å². The van der Waals surface area contributed by atoms with E-state index >= 15 is 0 Å². The average molecular weight is 632 g/mol. The van der Waals surface area contributed by atoms with Crippen LogP contribution in [0.5, 0.6) is 5.75 Å². The number of hydrogen-bond acceptors (Lipinski definition) is 7. The Labute approximate surface area is 253 Å². The fourth-order valence-corrected chi connectivity index (χ4v) is 3.76. The summed E-state index contributed by atoms with van der Waals surface area (Å²) < 4.78 is 14.3. The summed E-state index contributed by atoms with van der Waals surface area (Å²) in [6.07, 6.45) is 0.966. The first kappa shape index (κ1) is 35.1. The number of rotatable bonds is 7. The van der Waals surface area contributed by atoms with Crippen LogP contribution in [0.2, 0.25) is 20.1 Å². The Morgan fingerprint density at radius 3 is 1.90 bits per heavy atom. The number of para-hydroxylation sites is 1. The van der Waals surface area contributed by atoms with E-state index in [1.54, 1.807) is 55.5 Å². The Kier molecular flexibility index (Phi) is 16.1. The summed E-state index contributed by atoms with van der Waals surface area (Å²) in [6.45, 7) is 6.51. The first-order valence-electron chi connectivity index (χ1n) is 12.1. The number of benzene rings is 3. The molecule has 0 spiro atoms. The van der Waals surface area contributed by atoms with E-state index in [0.717, 1.165) is 6.42 Å². The van der Waals surface area contributed by atoms with Crippen LogP contribution in [0.1, 0.15) is 58.3 Å². The average Bonchev–Trinajstić information content (AvgIpc) is 2.92. The highest BCUT2D eigenvalue weighted by Gasteiger charge is 2.14. The van der Waals surface area contributed by atoms with Crippen molar-refractivity contribution in [2.75, 3.05) is 20.3 Å². The van der Waals surface area contributed by atoms with Crippen LogP contribution < -0.4 is 0 Å². The monoisotopic (exact) mass is 630 g/mol. The van der Waals surface area contributed by atoms with Gasteiger partial charge in [-0.05, 0) is 55.3 Å². The van der Waals surface area contributed by atoms with Crippen LogP contribution in [0.15, 0.2) is 60.7 Å². The van der Waals surface area contributed by atoms with Crippen molar-refractivity contribution in [1.29, 1.82) is 0 Å². The Bertz CT molecular complexity index is 1260. The van der Waals surface area contributed by atoms with Crippen LogP contribution in [0, 0.1) is 5.92 Å². The standard InChI is InChI=1S/C12H16O3.C9H8Cl2O2.C8H6Cl2O2/c1-3-9(2)8-15-12(14)10-6-4-5-7-11(10)13;1-2-13-9(12)7-4-3-6(10)5-8(7)11;1-12-8(11)7-5(9)3-2-4-6(7)10/h4-7,9,13H,3,8H2,1-2H3;3-5H,2H2,1H3;2-4H,1H3. The van der Waals surface area contributed by atoms with Gasteiger partial charge in [-0.15, -0.1) is 0 Å². The van der Waals surface area contributed by atoms with Crippen molar-refractivity contribution in [3.8, 4) is 5.75 Å². The molecule has 0 amide bonds. The molecule has 0 aliphatic rings. The lowest BCUT2D eigenvalue weighted by molar-refractivity contribution is 0.0442. The van der Waals surface area contributed by atoms with Gasteiger partial charge >= 0.3 is 17.9 Å². The molecule has 0 aliphatic carbocycles. The number of halogens is 4. The highest BCUT2D eigenvalue weighted by atomic mass is 35.5. The summed E-state index contributed by atoms with van der Waals surface area (Å²) in [4.78, 5) is 33.8. The maximum Gasteiger partial charge on any atom is 0.341 e. The molecule has 3 aromatic carbocycles. The minimum atomic E-state index is -0.523. The van der Waals surface area contributed by atoms with Crippen LogP contribution in [-0.2, 0) is 14.2 Å². The lowest BCUT2D eigenvalue weighted by atomic mass is 10.1.